The highest BCUT2D eigenvalue weighted by Gasteiger charge is 2.09. The standard InChI is InChI=1S/C9H16O4/c1-3-8(13-7(2)10)5-4-6-9(11)12/h8H,3-6H2,1-2H3,(H,11,12). The maximum absolute atomic E-state index is 10.6. The lowest BCUT2D eigenvalue weighted by atomic mass is 10.1. The molecule has 1 atom stereocenters. The van der Waals surface area contributed by atoms with Gasteiger partial charge < -0.3 is 9.84 Å². The van der Waals surface area contributed by atoms with Crippen LogP contribution in [0.4, 0.5) is 0 Å². The highest BCUT2D eigenvalue weighted by molar-refractivity contribution is 5.67. The van der Waals surface area contributed by atoms with Crippen LogP contribution in [-0.4, -0.2) is 23.1 Å². The van der Waals surface area contributed by atoms with Crippen LogP contribution >= 0.6 is 0 Å². The molecule has 0 aliphatic heterocycles. The molecule has 0 heterocycles. The van der Waals surface area contributed by atoms with Crippen molar-refractivity contribution in [1.82, 2.24) is 0 Å². The Morgan fingerprint density at radius 3 is 2.46 bits per heavy atom. The molecule has 0 bridgehead atoms. The first-order valence-corrected chi connectivity index (χ1v) is 4.45. The van der Waals surface area contributed by atoms with Gasteiger partial charge in [0, 0.05) is 13.3 Å². The van der Waals surface area contributed by atoms with Gasteiger partial charge in [-0.25, -0.2) is 0 Å². The smallest absolute Gasteiger partial charge is 0.303 e. The van der Waals surface area contributed by atoms with E-state index in [-0.39, 0.29) is 18.5 Å². The molecule has 0 rings (SSSR count). The Balaban J connectivity index is 3.59. The van der Waals surface area contributed by atoms with Crippen LogP contribution in [0.25, 0.3) is 0 Å². The molecule has 0 saturated heterocycles. The zero-order valence-corrected chi connectivity index (χ0v) is 8.08. The fourth-order valence-electron chi connectivity index (χ4n) is 1.06. The lowest BCUT2D eigenvalue weighted by molar-refractivity contribution is -0.146. The van der Waals surface area contributed by atoms with Crippen molar-refractivity contribution in [3.8, 4) is 0 Å². The number of esters is 1. The molecule has 0 amide bonds. The highest BCUT2D eigenvalue weighted by Crippen LogP contribution is 2.08. The Bertz CT molecular complexity index is 176. The van der Waals surface area contributed by atoms with E-state index in [1.165, 1.54) is 6.92 Å². The largest absolute Gasteiger partial charge is 0.481 e. The van der Waals surface area contributed by atoms with Crippen LogP contribution in [0.3, 0.4) is 0 Å². The minimum Gasteiger partial charge on any atom is -0.481 e. The number of hydrogen-bond acceptors (Lipinski definition) is 3. The number of carbonyl (C=O) groups is 2. The van der Waals surface area contributed by atoms with Crippen LogP contribution < -0.4 is 0 Å². The Kier molecular flexibility index (Phi) is 5.93. The third-order valence-corrected chi connectivity index (χ3v) is 1.70. The lowest BCUT2D eigenvalue weighted by Gasteiger charge is -2.13. The third-order valence-electron chi connectivity index (χ3n) is 1.70. The van der Waals surface area contributed by atoms with Crippen molar-refractivity contribution in [1.29, 1.82) is 0 Å². The van der Waals surface area contributed by atoms with Crippen molar-refractivity contribution in [2.75, 3.05) is 0 Å². The first-order valence-electron chi connectivity index (χ1n) is 4.45. The zero-order chi connectivity index (χ0) is 10.3. The average Bonchev–Trinajstić information content (AvgIpc) is 2.01. The molecular formula is C9H16O4. The van der Waals surface area contributed by atoms with Gasteiger partial charge >= 0.3 is 11.9 Å². The molecule has 1 unspecified atom stereocenters. The predicted octanol–water partition coefficient (Wildman–Crippen LogP) is 1.58. The molecule has 0 fully saturated rings. The first-order chi connectivity index (χ1) is 6.06. The molecule has 13 heavy (non-hydrogen) atoms. The van der Waals surface area contributed by atoms with Crippen LogP contribution in [0.5, 0.6) is 0 Å². The monoisotopic (exact) mass is 188 g/mol. The zero-order valence-electron chi connectivity index (χ0n) is 8.08. The fourth-order valence-corrected chi connectivity index (χ4v) is 1.06. The van der Waals surface area contributed by atoms with Gasteiger partial charge in [0.25, 0.3) is 0 Å². The number of rotatable bonds is 6. The Morgan fingerprint density at radius 1 is 1.46 bits per heavy atom. The van der Waals surface area contributed by atoms with E-state index in [1.807, 2.05) is 6.92 Å². The summed E-state index contributed by atoms with van der Waals surface area (Å²) in [4.78, 5) is 20.8. The van der Waals surface area contributed by atoms with Crippen LogP contribution in [0.2, 0.25) is 0 Å². The molecule has 0 spiro atoms. The molecule has 0 radical (unpaired) electrons. The Labute approximate surface area is 77.9 Å². The van der Waals surface area contributed by atoms with E-state index in [0.717, 1.165) is 6.42 Å². The predicted molar refractivity (Wildman–Crippen MR) is 47.3 cm³/mol. The summed E-state index contributed by atoms with van der Waals surface area (Å²) in [5.41, 5.74) is 0. The lowest BCUT2D eigenvalue weighted by Crippen LogP contribution is -2.15. The summed E-state index contributed by atoms with van der Waals surface area (Å²) in [6.45, 7) is 3.27. The van der Waals surface area contributed by atoms with Crippen molar-refractivity contribution in [2.24, 2.45) is 0 Å². The highest BCUT2D eigenvalue weighted by atomic mass is 16.5. The average molecular weight is 188 g/mol. The normalized spacial score (nSPS) is 12.2. The minimum atomic E-state index is -0.808. The van der Waals surface area contributed by atoms with Crippen LogP contribution in [0.15, 0.2) is 0 Å². The Hall–Kier alpha value is -1.06. The fraction of sp³-hybridized carbons (Fsp3) is 0.778. The number of aliphatic carboxylic acids is 1. The van der Waals surface area contributed by atoms with Gasteiger partial charge in [0.15, 0.2) is 0 Å². The van der Waals surface area contributed by atoms with Crippen LogP contribution in [-0.2, 0) is 14.3 Å². The van der Waals surface area contributed by atoms with Crippen molar-refractivity contribution < 1.29 is 19.4 Å². The number of carboxylic acid groups (broad SMARTS) is 1. The topological polar surface area (TPSA) is 63.6 Å². The van der Waals surface area contributed by atoms with E-state index in [4.69, 9.17) is 9.84 Å². The number of hydrogen-bond donors (Lipinski definition) is 1. The van der Waals surface area contributed by atoms with Gasteiger partial charge in [0.1, 0.15) is 6.10 Å². The van der Waals surface area contributed by atoms with Gasteiger partial charge in [-0.05, 0) is 19.3 Å². The minimum absolute atomic E-state index is 0.128. The maximum atomic E-state index is 10.6. The van der Waals surface area contributed by atoms with E-state index in [9.17, 15) is 9.59 Å². The van der Waals surface area contributed by atoms with Crippen molar-refractivity contribution in [3.63, 3.8) is 0 Å². The molecule has 0 aliphatic rings. The van der Waals surface area contributed by atoms with Gasteiger partial charge in [-0.2, -0.15) is 0 Å². The second-order valence-corrected chi connectivity index (χ2v) is 2.93. The molecular weight excluding hydrogens is 172 g/mol. The molecule has 0 aromatic carbocycles. The summed E-state index contributed by atoms with van der Waals surface area (Å²) >= 11 is 0. The summed E-state index contributed by atoms with van der Waals surface area (Å²) in [6.07, 6.45) is 1.93. The van der Waals surface area contributed by atoms with Crippen LogP contribution in [0.1, 0.15) is 39.5 Å². The van der Waals surface area contributed by atoms with Gasteiger partial charge in [0.2, 0.25) is 0 Å². The summed E-state index contributed by atoms with van der Waals surface area (Å²) in [5.74, 6) is -1.11. The van der Waals surface area contributed by atoms with E-state index < -0.39 is 5.97 Å². The molecule has 0 aromatic rings. The Morgan fingerprint density at radius 2 is 2.08 bits per heavy atom. The molecule has 4 heteroatoms. The second kappa shape index (κ2) is 6.46. The van der Waals surface area contributed by atoms with Crippen molar-refractivity contribution in [2.45, 2.75) is 45.6 Å². The molecule has 76 valence electrons. The molecule has 0 saturated carbocycles. The number of carbonyl (C=O) groups excluding carboxylic acids is 1. The van der Waals surface area contributed by atoms with Gasteiger partial charge in [0.05, 0.1) is 0 Å². The second-order valence-electron chi connectivity index (χ2n) is 2.93. The van der Waals surface area contributed by atoms with Crippen LogP contribution in [0, 0.1) is 0 Å². The third kappa shape index (κ3) is 7.31. The van der Waals surface area contributed by atoms with E-state index in [1.54, 1.807) is 0 Å². The van der Waals surface area contributed by atoms with Crippen molar-refractivity contribution >= 4 is 11.9 Å². The van der Waals surface area contributed by atoms with Crippen molar-refractivity contribution in [3.05, 3.63) is 0 Å². The molecule has 4 nitrogen and oxygen atoms in total. The SMILES string of the molecule is CCC(CCCC(=O)O)OC(C)=O. The van der Waals surface area contributed by atoms with Gasteiger partial charge in [-0.3, -0.25) is 9.59 Å². The number of ether oxygens (including phenoxy) is 1. The molecule has 1 N–H and O–H groups in total. The quantitative estimate of drug-likeness (QED) is 0.643. The summed E-state index contributed by atoms with van der Waals surface area (Å²) < 4.78 is 4.95. The maximum Gasteiger partial charge on any atom is 0.303 e. The number of carboxylic acids is 1. The summed E-state index contributed by atoms with van der Waals surface area (Å²) in [7, 11) is 0. The first kappa shape index (κ1) is 11.9. The molecule has 0 aromatic heterocycles. The van der Waals surface area contributed by atoms with E-state index in [0.29, 0.717) is 12.8 Å². The van der Waals surface area contributed by atoms with E-state index in [2.05, 4.69) is 0 Å². The van der Waals surface area contributed by atoms with Gasteiger partial charge in [-0.1, -0.05) is 6.92 Å². The van der Waals surface area contributed by atoms with E-state index >= 15 is 0 Å². The molecule has 0 aliphatic carbocycles. The summed E-state index contributed by atoms with van der Waals surface area (Å²) in [5, 5.41) is 8.37. The summed E-state index contributed by atoms with van der Waals surface area (Å²) in [6, 6.07) is 0. The van der Waals surface area contributed by atoms with Gasteiger partial charge in [-0.15, -0.1) is 0 Å².